The number of hydrogen-bond acceptors (Lipinski definition) is 5. The van der Waals surface area contributed by atoms with Crippen LogP contribution < -0.4 is 10.2 Å². The van der Waals surface area contributed by atoms with Gasteiger partial charge in [0.15, 0.2) is 5.82 Å². The van der Waals surface area contributed by atoms with Gasteiger partial charge >= 0.3 is 0 Å². The normalized spacial score (nSPS) is 14.7. The van der Waals surface area contributed by atoms with Crippen LogP contribution in [-0.4, -0.2) is 28.3 Å². The zero-order valence-corrected chi connectivity index (χ0v) is 12.0. The summed E-state index contributed by atoms with van der Waals surface area (Å²) in [5.74, 6) is 1.42. The van der Waals surface area contributed by atoms with Crippen molar-refractivity contribution in [3.8, 4) is 0 Å². The number of aromatic nitrogens is 3. The molecule has 0 unspecified atom stereocenters. The highest BCUT2D eigenvalue weighted by Gasteiger charge is 2.15. The Bertz CT molecular complexity index is 568. The third-order valence-corrected chi connectivity index (χ3v) is 3.53. The zero-order chi connectivity index (χ0) is 13.1. The van der Waals surface area contributed by atoms with Crippen LogP contribution in [0.2, 0.25) is 0 Å². The summed E-state index contributed by atoms with van der Waals surface area (Å²) in [4.78, 5) is 6.67. The van der Waals surface area contributed by atoms with Gasteiger partial charge in [0.1, 0.15) is 0 Å². The number of rotatable bonds is 3. The van der Waals surface area contributed by atoms with Crippen LogP contribution in [0.1, 0.15) is 12.8 Å². The summed E-state index contributed by atoms with van der Waals surface area (Å²) in [6, 6.07) is 7.95. The van der Waals surface area contributed by atoms with E-state index in [0.717, 1.165) is 29.1 Å². The monoisotopic (exact) mass is 319 g/mol. The summed E-state index contributed by atoms with van der Waals surface area (Å²) in [7, 11) is 0. The van der Waals surface area contributed by atoms with Crippen molar-refractivity contribution in [2.45, 2.75) is 12.8 Å². The van der Waals surface area contributed by atoms with E-state index in [-0.39, 0.29) is 0 Å². The second kappa shape index (κ2) is 5.52. The van der Waals surface area contributed by atoms with Crippen molar-refractivity contribution in [2.24, 2.45) is 0 Å². The van der Waals surface area contributed by atoms with Crippen molar-refractivity contribution in [2.75, 3.05) is 23.3 Å². The number of nitrogens with zero attached hydrogens (tertiary/aromatic N) is 4. The van der Waals surface area contributed by atoms with Crippen molar-refractivity contribution in [3.63, 3.8) is 0 Å². The highest BCUT2D eigenvalue weighted by Crippen LogP contribution is 2.20. The average Bonchev–Trinajstić information content (AvgIpc) is 2.93. The maximum Gasteiger partial charge on any atom is 0.247 e. The van der Waals surface area contributed by atoms with E-state index in [4.69, 9.17) is 0 Å². The molecular formula is C13H14BrN5. The van der Waals surface area contributed by atoms with E-state index >= 15 is 0 Å². The molecule has 0 spiro atoms. The molecule has 0 atom stereocenters. The van der Waals surface area contributed by atoms with E-state index in [0.29, 0.717) is 5.95 Å². The SMILES string of the molecule is Brc1cccc(Nc2cnnc(N3CCCC3)n2)c1. The van der Waals surface area contributed by atoms with E-state index < -0.39 is 0 Å². The number of hydrogen-bond donors (Lipinski definition) is 1. The van der Waals surface area contributed by atoms with Crippen LogP contribution in [0, 0.1) is 0 Å². The average molecular weight is 320 g/mol. The van der Waals surface area contributed by atoms with Crippen molar-refractivity contribution >= 4 is 33.4 Å². The van der Waals surface area contributed by atoms with E-state index in [1.54, 1.807) is 6.20 Å². The predicted molar refractivity (Wildman–Crippen MR) is 78.7 cm³/mol. The van der Waals surface area contributed by atoms with Crippen LogP contribution in [0.5, 0.6) is 0 Å². The van der Waals surface area contributed by atoms with Gasteiger partial charge in [0.05, 0.1) is 6.20 Å². The Labute approximate surface area is 120 Å². The Morgan fingerprint density at radius 2 is 2.05 bits per heavy atom. The molecule has 3 rings (SSSR count). The maximum atomic E-state index is 4.51. The van der Waals surface area contributed by atoms with Gasteiger partial charge in [-0.25, -0.2) is 0 Å². The van der Waals surface area contributed by atoms with E-state index in [9.17, 15) is 0 Å². The second-order valence-electron chi connectivity index (χ2n) is 4.47. The fourth-order valence-electron chi connectivity index (χ4n) is 2.12. The lowest BCUT2D eigenvalue weighted by molar-refractivity contribution is 0.852. The minimum Gasteiger partial charge on any atom is -0.339 e. The first-order valence-corrected chi connectivity index (χ1v) is 7.08. The molecule has 0 radical (unpaired) electrons. The van der Waals surface area contributed by atoms with Crippen LogP contribution in [-0.2, 0) is 0 Å². The van der Waals surface area contributed by atoms with Crippen LogP contribution in [0.25, 0.3) is 0 Å². The molecule has 1 aromatic heterocycles. The highest BCUT2D eigenvalue weighted by atomic mass is 79.9. The van der Waals surface area contributed by atoms with E-state index in [1.165, 1.54) is 12.8 Å². The third-order valence-electron chi connectivity index (χ3n) is 3.03. The molecule has 19 heavy (non-hydrogen) atoms. The summed E-state index contributed by atoms with van der Waals surface area (Å²) < 4.78 is 1.03. The van der Waals surface area contributed by atoms with Crippen molar-refractivity contribution in [1.29, 1.82) is 0 Å². The van der Waals surface area contributed by atoms with E-state index in [1.807, 2.05) is 24.3 Å². The molecule has 5 nitrogen and oxygen atoms in total. The Balaban J connectivity index is 1.79. The molecule has 0 aliphatic carbocycles. The molecule has 1 N–H and O–H groups in total. The molecule has 0 bridgehead atoms. The minimum atomic E-state index is 0.706. The summed E-state index contributed by atoms with van der Waals surface area (Å²) in [6.45, 7) is 2.03. The van der Waals surface area contributed by atoms with Gasteiger partial charge in [-0.1, -0.05) is 22.0 Å². The summed E-state index contributed by atoms with van der Waals surface area (Å²) in [5.41, 5.74) is 0.974. The number of anilines is 3. The van der Waals surface area contributed by atoms with Gasteiger partial charge in [-0.2, -0.15) is 10.1 Å². The van der Waals surface area contributed by atoms with Gasteiger partial charge in [-0.05, 0) is 31.0 Å². The molecule has 98 valence electrons. The molecular weight excluding hydrogens is 306 g/mol. The fourth-order valence-corrected chi connectivity index (χ4v) is 2.52. The third kappa shape index (κ3) is 3.01. The van der Waals surface area contributed by atoms with Crippen LogP contribution in [0.3, 0.4) is 0 Å². The molecule has 1 aromatic carbocycles. The van der Waals surface area contributed by atoms with E-state index in [2.05, 4.69) is 41.3 Å². The summed E-state index contributed by atoms with van der Waals surface area (Å²) in [6.07, 6.45) is 4.04. The van der Waals surface area contributed by atoms with Crippen molar-refractivity contribution < 1.29 is 0 Å². The lowest BCUT2D eigenvalue weighted by Gasteiger charge is -2.14. The lowest BCUT2D eigenvalue weighted by atomic mass is 10.3. The maximum absolute atomic E-state index is 4.51. The molecule has 1 saturated heterocycles. The molecule has 2 heterocycles. The molecule has 2 aromatic rings. The largest absolute Gasteiger partial charge is 0.339 e. The molecule has 1 aliphatic rings. The standard InChI is InChI=1S/C13H14BrN5/c14-10-4-3-5-11(8-10)16-12-9-15-18-13(17-12)19-6-1-2-7-19/h3-5,8-9H,1-2,6-7H2,(H,16,17,18). The first-order chi connectivity index (χ1) is 9.31. The summed E-state index contributed by atoms with van der Waals surface area (Å²) in [5, 5.41) is 11.4. The van der Waals surface area contributed by atoms with Gasteiger partial charge < -0.3 is 10.2 Å². The Hall–Kier alpha value is -1.69. The Morgan fingerprint density at radius 1 is 1.21 bits per heavy atom. The van der Waals surface area contributed by atoms with Crippen LogP contribution in [0.4, 0.5) is 17.5 Å². The molecule has 6 heteroatoms. The van der Waals surface area contributed by atoms with Gasteiger partial charge in [0, 0.05) is 23.2 Å². The molecule has 1 fully saturated rings. The smallest absolute Gasteiger partial charge is 0.247 e. The number of nitrogens with one attached hydrogen (secondary N) is 1. The topological polar surface area (TPSA) is 53.9 Å². The Kier molecular flexibility index (Phi) is 3.59. The van der Waals surface area contributed by atoms with Gasteiger partial charge in [0.25, 0.3) is 0 Å². The van der Waals surface area contributed by atoms with Crippen LogP contribution in [0.15, 0.2) is 34.9 Å². The quantitative estimate of drug-likeness (QED) is 0.942. The fraction of sp³-hybridized carbons (Fsp3) is 0.308. The minimum absolute atomic E-state index is 0.706. The second-order valence-corrected chi connectivity index (χ2v) is 5.39. The van der Waals surface area contributed by atoms with Crippen LogP contribution >= 0.6 is 15.9 Å². The van der Waals surface area contributed by atoms with Gasteiger partial charge in [-0.15, -0.1) is 5.10 Å². The molecule has 0 amide bonds. The first kappa shape index (κ1) is 12.3. The van der Waals surface area contributed by atoms with Gasteiger partial charge in [-0.3, -0.25) is 0 Å². The summed E-state index contributed by atoms with van der Waals surface area (Å²) >= 11 is 3.45. The Morgan fingerprint density at radius 3 is 2.84 bits per heavy atom. The molecule has 0 saturated carbocycles. The molecule has 1 aliphatic heterocycles. The van der Waals surface area contributed by atoms with Crippen molar-refractivity contribution in [3.05, 3.63) is 34.9 Å². The van der Waals surface area contributed by atoms with Crippen molar-refractivity contribution in [1.82, 2.24) is 15.2 Å². The number of benzene rings is 1. The predicted octanol–water partition coefficient (Wildman–Crippen LogP) is 2.98. The lowest BCUT2D eigenvalue weighted by Crippen LogP contribution is -2.21. The zero-order valence-electron chi connectivity index (χ0n) is 10.4. The highest BCUT2D eigenvalue weighted by molar-refractivity contribution is 9.10. The van der Waals surface area contributed by atoms with Gasteiger partial charge in [0.2, 0.25) is 5.95 Å². The first-order valence-electron chi connectivity index (χ1n) is 6.28. The number of halogens is 1.